The Morgan fingerprint density at radius 1 is 1.50 bits per heavy atom. The molecule has 0 saturated heterocycles. The third-order valence-electron chi connectivity index (χ3n) is 2.68. The largest absolute Gasteiger partial charge is 0.383 e. The highest BCUT2D eigenvalue weighted by molar-refractivity contribution is 5.89. The topological polar surface area (TPSA) is 56.7 Å². The second-order valence-electron chi connectivity index (χ2n) is 3.89. The van der Waals surface area contributed by atoms with Crippen LogP contribution in [0.3, 0.4) is 0 Å². The first kappa shape index (κ1) is 10.7. The fraction of sp³-hybridized carbons (Fsp3) is 0.333. The Balaban J connectivity index is 2.39. The molecule has 16 heavy (non-hydrogen) atoms. The molecule has 0 radical (unpaired) electrons. The van der Waals surface area contributed by atoms with E-state index < -0.39 is 0 Å². The normalized spacial score (nSPS) is 10.8. The zero-order chi connectivity index (χ0) is 11.5. The molecule has 0 saturated carbocycles. The molecule has 2 rings (SSSR count). The Bertz CT molecular complexity index is 513. The molecule has 84 valence electrons. The third kappa shape index (κ3) is 1.78. The first-order valence-electron chi connectivity index (χ1n) is 5.41. The molecule has 0 bridgehead atoms. The predicted molar refractivity (Wildman–Crippen MR) is 66.1 cm³/mol. The highest BCUT2D eigenvalue weighted by Gasteiger charge is 2.09. The van der Waals surface area contributed by atoms with E-state index in [1.807, 2.05) is 13.0 Å². The number of nitrogen functional groups attached to an aromatic ring is 1. The van der Waals surface area contributed by atoms with Crippen molar-refractivity contribution in [1.82, 2.24) is 14.5 Å². The number of hydrogen-bond donors (Lipinski definition) is 1. The van der Waals surface area contributed by atoms with Gasteiger partial charge in [-0.2, -0.15) is 0 Å². The summed E-state index contributed by atoms with van der Waals surface area (Å²) in [5.41, 5.74) is 7.90. The Labute approximate surface area is 94.8 Å². The van der Waals surface area contributed by atoms with Crippen molar-refractivity contribution in [1.29, 1.82) is 0 Å². The number of nitrogens with zero attached hydrogens (tertiary/aromatic N) is 3. The van der Waals surface area contributed by atoms with Crippen LogP contribution in [0.4, 0.5) is 5.82 Å². The molecular formula is C12H16N4. The Hall–Kier alpha value is -1.84. The van der Waals surface area contributed by atoms with Gasteiger partial charge in [0.15, 0.2) is 0 Å². The minimum Gasteiger partial charge on any atom is -0.383 e. The van der Waals surface area contributed by atoms with E-state index in [1.165, 1.54) is 6.33 Å². The lowest BCUT2D eigenvalue weighted by molar-refractivity contribution is 0.665. The van der Waals surface area contributed by atoms with Gasteiger partial charge < -0.3 is 10.3 Å². The maximum atomic E-state index is 5.84. The second kappa shape index (κ2) is 4.35. The summed E-state index contributed by atoms with van der Waals surface area (Å²) in [6.45, 7) is 6.69. The minimum atomic E-state index is 0.560. The Morgan fingerprint density at radius 3 is 3.06 bits per heavy atom. The van der Waals surface area contributed by atoms with E-state index in [1.54, 1.807) is 0 Å². The molecule has 4 nitrogen and oxygen atoms in total. The SMILES string of the molecule is C=CCCCn1cc(C)c2c(N)ncnc21. The van der Waals surface area contributed by atoms with Crippen LogP contribution in [0.5, 0.6) is 0 Å². The van der Waals surface area contributed by atoms with E-state index in [-0.39, 0.29) is 0 Å². The summed E-state index contributed by atoms with van der Waals surface area (Å²) in [7, 11) is 0. The van der Waals surface area contributed by atoms with Gasteiger partial charge in [-0.15, -0.1) is 6.58 Å². The van der Waals surface area contributed by atoms with Gasteiger partial charge in [0.05, 0.1) is 5.39 Å². The van der Waals surface area contributed by atoms with Gasteiger partial charge in [0.2, 0.25) is 0 Å². The first-order valence-corrected chi connectivity index (χ1v) is 5.41. The zero-order valence-electron chi connectivity index (χ0n) is 9.48. The molecule has 0 spiro atoms. The maximum Gasteiger partial charge on any atom is 0.145 e. The molecule has 2 aromatic rings. The average molecular weight is 216 g/mol. The van der Waals surface area contributed by atoms with Crippen LogP contribution >= 0.6 is 0 Å². The number of nitrogens with two attached hydrogens (primary N) is 1. The van der Waals surface area contributed by atoms with Gasteiger partial charge in [-0.1, -0.05) is 6.08 Å². The lowest BCUT2D eigenvalue weighted by Crippen LogP contribution is -1.99. The summed E-state index contributed by atoms with van der Waals surface area (Å²) < 4.78 is 2.13. The number of aryl methyl sites for hydroxylation is 2. The van der Waals surface area contributed by atoms with Gasteiger partial charge in [0.1, 0.15) is 17.8 Å². The number of rotatable bonds is 4. The van der Waals surface area contributed by atoms with E-state index in [4.69, 9.17) is 5.73 Å². The van der Waals surface area contributed by atoms with Crippen molar-refractivity contribution in [3.05, 3.63) is 30.7 Å². The van der Waals surface area contributed by atoms with Crippen molar-refractivity contribution < 1.29 is 0 Å². The van der Waals surface area contributed by atoms with Crippen LogP contribution < -0.4 is 5.73 Å². The molecule has 0 fully saturated rings. The fourth-order valence-electron chi connectivity index (χ4n) is 1.92. The molecule has 0 aliphatic rings. The van der Waals surface area contributed by atoms with E-state index >= 15 is 0 Å². The summed E-state index contributed by atoms with van der Waals surface area (Å²) in [6, 6.07) is 0. The smallest absolute Gasteiger partial charge is 0.145 e. The fourth-order valence-corrected chi connectivity index (χ4v) is 1.92. The van der Waals surface area contributed by atoms with Crippen molar-refractivity contribution in [2.45, 2.75) is 26.3 Å². The Morgan fingerprint density at radius 2 is 2.31 bits per heavy atom. The first-order chi connectivity index (χ1) is 7.74. The molecule has 0 amide bonds. The van der Waals surface area contributed by atoms with Crippen molar-refractivity contribution in [3.63, 3.8) is 0 Å². The lowest BCUT2D eigenvalue weighted by Gasteiger charge is -2.02. The van der Waals surface area contributed by atoms with Gasteiger partial charge in [0, 0.05) is 12.7 Å². The lowest BCUT2D eigenvalue weighted by atomic mass is 10.2. The molecule has 2 N–H and O–H groups in total. The monoisotopic (exact) mass is 216 g/mol. The van der Waals surface area contributed by atoms with Crippen molar-refractivity contribution in [3.8, 4) is 0 Å². The van der Waals surface area contributed by atoms with Crippen LogP contribution in [-0.2, 0) is 6.54 Å². The number of aromatic nitrogens is 3. The highest BCUT2D eigenvalue weighted by Crippen LogP contribution is 2.23. The van der Waals surface area contributed by atoms with Crippen LogP contribution in [0, 0.1) is 6.92 Å². The van der Waals surface area contributed by atoms with Gasteiger partial charge in [0.25, 0.3) is 0 Å². The number of anilines is 1. The van der Waals surface area contributed by atoms with Crippen LogP contribution in [0.15, 0.2) is 25.2 Å². The van der Waals surface area contributed by atoms with Crippen LogP contribution in [0.1, 0.15) is 18.4 Å². The number of fused-ring (bicyclic) bond motifs is 1. The van der Waals surface area contributed by atoms with Crippen LogP contribution in [0.25, 0.3) is 11.0 Å². The van der Waals surface area contributed by atoms with E-state index in [0.717, 1.165) is 36.0 Å². The standard InChI is InChI=1S/C12H16N4/c1-3-4-5-6-16-7-9(2)10-11(13)14-8-15-12(10)16/h3,7-8H,1,4-6H2,2H3,(H2,13,14,15). The molecule has 0 aliphatic carbocycles. The van der Waals surface area contributed by atoms with Crippen LogP contribution in [0.2, 0.25) is 0 Å². The average Bonchev–Trinajstić information content (AvgIpc) is 2.58. The van der Waals surface area contributed by atoms with Crippen molar-refractivity contribution in [2.75, 3.05) is 5.73 Å². The number of unbranched alkanes of at least 4 members (excludes halogenated alkanes) is 1. The number of allylic oxidation sites excluding steroid dienone is 1. The van der Waals surface area contributed by atoms with Gasteiger partial charge in [-0.3, -0.25) is 0 Å². The van der Waals surface area contributed by atoms with Crippen molar-refractivity contribution in [2.24, 2.45) is 0 Å². The molecular weight excluding hydrogens is 200 g/mol. The van der Waals surface area contributed by atoms with Gasteiger partial charge in [-0.05, 0) is 25.3 Å². The molecule has 0 unspecified atom stereocenters. The molecule has 2 heterocycles. The molecule has 0 atom stereocenters. The molecule has 4 heteroatoms. The summed E-state index contributed by atoms with van der Waals surface area (Å²) in [5, 5.41) is 0.973. The molecule has 2 aromatic heterocycles. The zero-order valence-corrected chi connectivity index (χ0v) is 9.48. The second-order valence-corrected chi connectivity index (χ2v) is 3.89. The van der Waals surface area contributed by atoms with Gasteiger partial charge in [-0.25, -0.2) is 9.97 Å². The van der Waals surface area contributed by atoms with E-state index in [9.17, 15) is 0 Å². The number of hydrogen-bond acceptors (Lipinski definition) is 3. The quantitative estimate of drug-likeness (QED) is 0.630. The minimum absolute atomic E-state index is 0.560. The predicted octanol–water partition coefficient (Wildman–Crippen LogP) is 2.29. The van der Waals surface area contributed by atoms with E-state index in [0.29, 0.717) is 5.82 Å². The van der Waals surface area contributed by atoms with Crippen molar-refractivity contribution >= 4 is 16.9 Å². The van der Waals surface area contributed by atoms with E-state index in [2.05, 4.69) is 27.3 Å². The third-order valence-corrected chi connectivity index (χ3v) is 2.68. The van der Waals surface area contributed by atoms with Gasteiger partial charge >= 0.3 is 0 Å². The Kier molecular flexibility index (Phi) is 2.90. The summed E-state index contributed by atoms with van der Waals surface area (Å²) in [6.07, 6.45) is 7.61. The summed E-state index contributed by atoms with van der Waals surface area (Å²) >= 11 is 0. The summed E-state index contributed by atoms with van der Waals surface area (Å²) in [5.74, 6) is 0.560. The summed E-state index contributed by atoms with van der Waals surface area (Å²) in [4.78, 5) is 8.30. The highest BCUT2D eigenvalue weighted by atomic mass is 15.1. The van der Waals surface area contributed by atoms with Crippen LogP contribution in [-0.4, -0.2) is 14.5 Å². The maximum absolute atomic E-state index is 5.84. The molecule has 0 aliphatic heterocycles. The molecule has 0 aromatic carbocycles.